The van der Waals surface area contributed by atoms with Crippen LogP contribution in [0.2, 0.25) is 5.02 Å². The summed E-state index contributed by atoms with van der Waals surface area (Å²) in [6.07, 6.45) is 0.150. The molecular formula is C21H21ClN6O. The van der Waals surface area contributed by atoms with E-state index in [0.29, 0.717) is 28.9 Å². The number of fused-ring (bicyclic) bond motifs is 1. The lowest BCUT2D eigenvalue weighted by Crippen LogP contribution is -2.08. The molecule has 0 atom stereocenters. The van der Waals surface area contributed by atoms with Crippen LogP contribution < -0.4 is 15.4 Å². The van der Waals surface area contributed by atoms with Crippen molar-refractivity contribution in [1.82, 2.24) is 19.8 Å². The normalized spacial score (nSPS) is 11.0. The van der Waals surface area contributed by atoms with E-state index in [-0.39, 0.29) is 6.10 Å². The molecular weight excluding hydrogens is 388 g/mol. The van der Waals surface area contributed by atoms with E-state index in [1.165, 1.54) is 0 Å². The van der Waals surface area contributed by atoms with Gasteiger partial charge in [0.05, 0.1) is 12.6 Å². The number of aromatic nitrogens is 4. The van der Waals surface area contributed by atoms with Gasteiger partial charge in [0.1, 0.15) is 5.75 Å². The van der Waals surface area contributed by atoms with E-state index in [9.17, 15) is 0 Å². The summed E-state index contributed by atoms with van der Waals surface area (Å²) >= 11 is 6.05. The Morgan fingerprint density at radius 3 is 2.59 bits per heavy atom. The fourth-order valence-corrected chi connectivity index (χ4v) is 3.02. The minimum absolute atomic E-state index is 0.150. The summed E-state index contributed by atoms with van der Waals surface area (Å²) in [6.45, 7) is 4.50. The minimum atomic E-state index is 0.150. The molecule has 0 radical (unpaired) electrons. The van der Waals surface area contributed by atoms with Crippen molar-refractivity contribution < 1.29 is 4.74 Å². The highest BCUT2D eigenvalue weighted by Gasteiger charge is 2.08. The summed E-state index contributed by atoms with van der Waals surface area (Å²) in [5.74, 6) is 2.23. The first-order chi connectivity index (χ1) is 14.1. The molecule has 0 unspecified atom stereocenters. The predicted octanol–water partition coefficient (Wildman–Crippen LogP) is 4.92. The van der Waals surface area contributed by atoms with E-state index in [1.807, 2.05) is 74.5 Å². The van der Waals surface area contributed by atoms with Gasteiger partial charge in [-0.25, -0.2) is 0 Å². The minimum Gasteiger partial charge on any atom is -0.491 e. The van der Waals surface area contributed by atoms with Crippen LogP contribution in [0.1, 0.15) is 19.7 Å². The summed E-state index contributed by atoms with van der Waals surface area (Å²) in [5, 5.41) is 20.3. The van der Waals surface area contributed by atoms with Crippen LogP contribution in [0, 0.1) is 0 Å². The highest BCUT2D eigenvalue weighted by Crippen LogP contribution is 2.20. The van der Waals surface area contributed by atoms with Gasteiger partial charge in [-0.15, -0.1) is 15.3 Å². The summed E-state index contributed by atoms with van der Waals surface area (Å²) in [4.78, 5) is 0. The molecule has 0 fully saturated rings. The van der Waals surface area contributed by atoms with Gasteiger partial charge in [0.2, 0.25) is 0 Å². The van der Waals surface area contributed by atoms with Gasteiger partial charge in [0, 0.05) is 16.4 Å². The number of nitrogens with zero attached hydrogens (tertiary/aromatic N) is 4. The zero-order valence-corrected chi connectivity index (χ0v) is 16.9. The lowest BCUT2D eigenvalue weighted by molar-refractivity contribution is 0.242. The molecule has 0 spiro atoms. The molecule has 2 aromatic heterocycles. The number of halogens is 1. The molecule has 4 rings (SSSR count). The highest BCUT2D eigenvalue weighted by atomic mass is 35.5. The maximum atomic E-state index is 6.05. The Labute approximate surface area is 173 Å². The SMILES string of the molecule is CC(C)Oc1ccc(NCc2nnc3ccc(Nc4cccc(Cl)c4)nn23)cc1. The van der Waals surface area contributed by atoms with Crippen molar-refractivity contribution in [2.45, 2.75) is 26.5 Å². The molecule has 7 nitrogen and oxygen atoms in total. The molecule has 0 saturated heterocycles. The molecule has 148 valence electrons. The van der Waals surface area contributed by atoms with Gasteiger partial charge in [-0.2, -0.15) is 4.52 Å². The topological polar surface area (TPSA) is 76.4 Å². The van der Waals surface area contributed by atoms with Gasteiger partial charge in [-0.05, 0) is 68.4 Å². The number of hydrogen-bond acceptors (Lipinski definition) is 6. The van der Waals surface area contributed by atoms with E-state index < -0.39 is 0 Å². The third-order valence-electron chi connectivity index (χ3n) is 4.10. The van der Waals surface area contributed by atoms with Crippen LogP contribution in [0.4, 0.5) is 17.2 Å². The lowest BCUT2D eigenvalue weighted by atomic mass is 10.3. The van der Waals surface area contributed by atoms with Crippen LogP contribution in [-0.4, -0.2) is 25.9 Å². The van der Waals surface area contributed by atoms with Crippen molar-refractivity contribution in [3.63, 3.8) is 0 Å². The number of anilines is 3. The van der Waals surface area contributed by atoms with Gasteiger partial charge in [-0.3, -0.25) is 0 Å². The Morgan fingerprint density at radius 1 is 1.00 bits per heavy atom. The van der Waals surface area contributed by atoms with Crippen molar-refractivity contribution in [2.24, 2.45) is 0 Å². The monoisotopic (exact) mass is 408 g/mol. The highest BCUT2D eigenvalue weighted by molar-refractivity contribution is 6.30. The van der Waals surface area contributed by atoms with Crippen LogP contribution in [-0.2, 0) is 6.54 Å². The Morgan fingerprint density at radius 2 is 1.83 bits per heavy atom. The summed E-state index contributed by atoms with van der Waals surface area (Å²) < 4.78 is 7.39. The number of ether oxygens (including phenoxy) is 1. The van der Waals surface area contributed by atoms with Crippen LogP contribution in [0.25, 0.3) is 5.65 Å². The number of benzene rings is 2. The molecule has 0 aliphatic rings. The number of nitrogens with one attached hydrogen (secondary N) is 2. The van der Waals surface area contributed by atoms with Gasteiger partial charge in [0.25, 0.3) is 0 Å². The maximum absolute atomic E-state index is 6.05. The van der Waals surface area contributed by atoms with E-state index in [4.69, 9.17) is 16.3 Å². The maximum Gasteiger partial charge on any atom is 0.178 e. The first kappa shape index (κ1) is 19.0. The van der Waals surface area contributed by atoms with E-state index in [0.717, 1.165) is 17.1 Å². The second kappa shape index (κ2) is 8.36. The fraction of sp³-hybridized carbons (Fsp3) is 0.190. The Bertz CT molecular complexity index is 1110. The van der Waals surface area contributed by atoms with Crippen molar-refractivity contribution in [3.05, 3.63) is 71.5 Å². The first-order valence-electron chi connectivity index (χ1n) is 9.31. The molecule has 0 aliphatic heterocycles. The Balaban J connectivity index is 1.47. The van der Waals surface area contributed by atoms with Crippen LogP contribution in [0.3, 0.4) is 0 Å². The molecule has 0 aliphatic carbocycles. The van der Waals surface area contributed by atoms with Crippen molar-refractivity contribution in [3.8, 4) is 5.75 Å². The van der Waals surface area contributed by atoms with Gasteiger partial charge < -0.3 is 15.4 Å². The van der Waals surface area contributed by atoms with Crippen LogP contribution in [0.5, 0.6) is 5.75 Å². The second-order valence-corrected chi connectivity index (χ2v) is 7.22. The van der Waals surface area contributed by atoms with Gasteiger partial charge >= 0.3 is 0 Å². The van der Waals surface area contributed by atoms with Crippen molar-refractivity contribution in [1.29, 1.82) is 0 Å². The van der Waals surface area contributed by atoms with E-state index >= 15 is 0 Å². The quantitative estimate of drug-likeness (QED) is 0.452. The third kappa shape index (κ3) is 4.75. The molecule has 0 bridgehead atoms. The Kier molecular flexibility index (Phi) is 5.48. The average Bonchev–Trinajstić information content (AvgIpc) is 3.09. The zero-order valence-electron chi connectivity index (χ0n) is 16.1. The van der Waals surface area contributed by atoms with Crippen LogP contribution in [0.15, 0.2) is 60.7 Å². The molecule has 2 N–H and O–H groups in total. The van der Waals surface area contributed by atoms with Crippen molar-refractivity contribution in [2.75, 3.05) is 10.6 Å². The first-order valence-corrected chi connectivity index (χ1v) is 9.69. The van der Waals surface area contributed by atoms with Gasteiger partial charge in [0.15, 0.2) is 17.3 Å². The lowest BCUT2D eigenvalue weighted by Gasteiger charge is -2.11. The predicted molar refractivity (Wildman–Crippen MR) is 115 cm³/mol. The fourth-order valence-electron chi connectivity index (χ4n) is 2.83. The molecule has 29 heavy (non-hydrogen) atoms. The molecule has 2 heterocycles. The largest absolute Gasteiger partial charge is 0.491 e. The molecule has 2 aromatic carbocycles. The van der Waals surface area contributed by atoms with Gasteiger partial charge in [-0.1, -0.05) is 17.7 Å². The summed E-state index contributed by atoms with van der Waals surface area (Å²) in [6, 6.07) is 19.0. The molecule has 0 amide bonds. The third-order valence-corrected chi connectivity index (χ3v) is 4.34. The second-order valence-electron chi connectivity index (χ2n) is 6.78. The zero-order chi connectivity index (χ0) is 20.2. The smallest absolute Gasteiger partial charge is 0.178 e. The average molecular weight is 409 g/mol. The number of rotatable bonds is 7. The molecule has 4 aromatic rings. The van der Waals surface area contributed by atoms with E-state index in [1.54, 1.807) is 4.52 Å². The summed E-state index contributed by atoms with van der Waals surface area (Å²) in [7, 11) is 0. The number of hydrogen-bond donors (Lipinski definition) is 2. The standard InChI is InChI=1S/C21H21ClN6O/c1-14(2)29-18-8-6-16(7-9-18)23-13-21-26-25-20-11-10-19(27-28(20)21)24-17-5-3-4-15(22)12-17/h3-12,14,23H,13H2,1-2H3,(H,24,27). The Hall–Kier alpha value is -3.32. The molecule has 0 saturated carbocycles. The van der Waals surface area contributed by atoms with Crippen LogP contribution >= 0.6 is 11.6 Å². The molecule has 8 heteroatoms. The van der Waals surface area contributed by atoms with Crippen molar-refractivity contribution >= 4 is 34.4 Å². The van der Waals surface area contributed by atoms with E-state index in [2.05, 4.69) is 25.9 Å². The summed E-state index contributed by atoms with van der Waals surface area (Å²) in [5.41, 5.74) is 2.51.